The Bertz CT molecular complexity index is 733. The first-order valence-electron chi connectivity index (χ1n) is 7.22. The summed E-state index contributed by atoms with van der Waals surface area (Å²) in [6.07, 6.45) is 3.16. The van der Waals surface area contributed by atoms with Crippen LogP contribution in [0, 0.1) is 0 Å². The monoisotopic (exact) mass is 321 g/mol. The highest BCUT2D eigenvalue weighted by molar-refractivity contribution is 6.32. The number of amides is 1. The molecule has 0 atom stereocenters. The first-order chi connectivity index (χ1) is 10.7. The van der Waals surface area contributed by atoms with Crippen LogP contribution in [-0.2, 0) is 11.3 Å². The number of nitrogens with zero attached hydrogens (tertiary/aromatic N) is 5. The van der Waals surface area contributed by atoms with Crippen molar-refractivity contribution in [3.63, 3.8) is 0 Å². The molecule has 0 bridgehead atoms. The van der Waals surface area contributed by atoms with Crippen LogP contribution in [0.25, 0.3) is 5.69 Å². The second-order valence-corrected chi connectivity index (χ2v) is 5.63. The van der Waals surface area contributed by atoms with Crippen LogP contribution in [-0.4, -0.2) is 43.7 Å². The van der Waals surface area contributed by atoms with Crippen molar-refractivity contribution in [3.05, 3.63) is 39.8 Å². The zero-order valence-corrected chi connectivity index (χ0v) is 12.7. The van der Waals surface area contributed by atoms with Gasteiger partial charge in [0.15, 0.2) is 0 Å². The number of benzene rings is 1. The van der Waals surface area contributed by atoms with Gasteiger partial charge in [-0.2, -0.15) is 9.36 Å². The van der Waals surface area contributed by atoms with Crippen LogP contribution >= 0.6 is 11.6 Å². The number of likely N-dealkylation sites (tertiary alicyclic amines) is 1. The smallest absolute Gasteiger partial charge is 0.341 e. The Morgan fingerprint density at radius 3 is 2.59 bits per heavy atom. The van der Waals surface area contributed by atoms with Gasteiger partial charge in [-0.25, -0.2) is 4.79 Å². The van der Waals surface area contributed by atoms with E-state index in [9.17, 15) is 9.59 Å². The molecule has 3 rings (SSSR count). The van der Waals surface area contributed by atoms with Crippen molar-refractivity contribution in [3.8, 4) is 5.69 Å². The topological polar surface area (TPSA) is 73.0 Å². The lowest BCUT2D eigenvalue weighted by atomic mass is 10.1. The molecule has 0 unspecified atom stereocenters. The first kappa shape index (κ1) is 14.8. The molecule has 2 aromatic rings. The molecule has 0 spiro atoms. The largest absolute Gasteiger partial charge is 0.369 e. The van der Waals surface area contributed by atoms with E-state index in [1.54, 1.807) is 29.2 Å². The van der Waals surface area contributed by atoms with E-state index in [2.05, 4.69) is 10.4 Å². The molecule has 8 heteroatoms. The van der Waals surface area contributed by atoms with Crippen LogP contribution < -0.4 is 5.69 Å². The van der Waals surface area contributed by atoms with Gasteiger partial charge in [0.05, 0.1) is 10.7 Å². The highest BCUT2D eigenvalue weighted by Crippen LogP contribution is 2.16. The number of rotatable bonds is 3. The summed E-state index contributed by atoms with van der Waals surface area (Å²) in [5.74, 6) is -0.104. The van der Waals surface area contributed by atoms with Crippen molar-refractivity contribution < 1.29 is 4.79 Å². The van der Waals surface area contributed by atoms with E-state index < -0.39 is 5.69 Å². The fraction of sp³-hybridized carbons (Fsp3) is 0.429. The molecule has 0 saturated carbocycles. The molecule has 22 heavy (non-hydrogen) atoms. The summed E-state index contributed by atoms with van der Waals surface area (Å²) in [6.45, 7) is 1.39. The minimum absolute atomic E-state index is 0.0940. The van der Waals surface area contributed by atoms with Crippen LogP contribution in [0.5, 0.6) is 0 Å². The van der Waals surface area contributed by atoms with Crippen molar-refractivity contribution in [2.75, 3.05) is 13.1 Å². The van der Waals surface area contributed by atoms with Crippen molar-refractivity contribution in [1.82, 2.24) is 24.7 Å². The van der Waals surface area contributed by atoms with E-state index in [4.69, 9.17) is 11.6 Å². The Kier molecular flexibility index (Phi) is 4.24. The predicted octanol–water partition coefficient (Wildman–Crippen LogP) is 1.09. The molecule has 7 nitrogen and oxygen atoms in total. The highest BCUT2D eigenvalue weighted by atomic mass is 35.5. The summed E-state index contributed by atoms with van der Waals surface area (Å²) in [5.41, 5.74) is -0.0238. The lowest BCUT2D eigenvalue weighted by Gasteiger charge is -2.26. The molecular formula is C14H16ClN5O2. The number of halogens is 1. The van der Waals surface area contributed by atoms with Crippen LogP contribution in [0.4, 0.5) is 0 Å². The number of hydrogen-bond donors (Lipinski definition) is 0. The van der Waals surface area contributed by atoms with Gasteiger partial charge in [-0.1, -0.05) is 23.7 Å². The third kappa shape index (κ3) is 2.89. The zero-order valence-electron chi connectivity index (χ0n) is 12.0. The van der Waals surface area contributed by atoms with Crippen LogP contribution in [0.1, 0.15) is 19.3 Å². The van der Waals surface area contributed by atoms with E-state index in [1.165, 1.54) is 0 Å². The Morgan fingerprint density at radius 2 is 1.86 bits per heavy atom. The number of para-hydroxylation sites is 1. The van der Waals surface area contributed by atoms with Gasteiger partial charge in [0.1, 0.15) is 6.54 Å². The molecule has 1 aromatic carbocycles. The van der Waals surface area contributed by atoms with Crippen molar-refractivity contribution in [1.29, 1.82) is 0 Å². The van der Waals surface area contributed by atoms with Crippen LogP contribution in [0.3, 0.4) is 0 Å². The predicted molar refractivity (Wildman–Crippen MR) is 81.1 cm³/mol. The molecule has 1 fully saturated rings. The average molecular weight is 322 g/mol. The highest BCUT2D eigenvalue weighted by Gasteiger charge is 2.19. The quantitative estimate of drug-likeness (QED) is 0.848. The van der Waals surface area contributed by atoms with E-state index >= 15 is 0 Å². The molecule has 1 aromatic heterocycles. The normalized spacial score (nSPS) is 15.0. The number of piperidine rings is 1. The molecule has 1 saturated heterocycles. The molecule has 1 amide bonds. The molecule has 1 aliphatic rings. The molecule has 0 radical (unpaired) electrons. The number of carbonyl (C=O) groups is 1. The number of aromatic nitrogens is 4. The Labute approximate surface area is 132 Å². The molecule has 2 heterocycles. The van der Waals surface area contributed by atoms with E-state index in [-0.39, 0.29) is 12.5 Å². The Balaban J connectivity index is 1.80. The molecule has 1 aliphatic heterocycles. The fourth-order valence-electron chi connectivity index (χ4n) is 2.52. The maximum atomic E-state index is 12.3. The lowest BCUT2D eigenvalue weighted by molar-refractivity contribution is -0.133. The Morgan fingerprint density at radius 1 is 1.14 bits per heavy atom. The van der Waals surface area contributed by atoms with Gasteiger partial charge in [0, 0.05) is 13.1 Å². The minimum Gasteiger partial charge on any atom is -0.341 e. The summed E-state index contributed by atoms with van der Waals surface area (Å²) >= 11 is 6.06. The molecule has 0 N–H and O–H groups in total. The van der Waals surface area contributed by atoms with Gasteiger partial charge in [-0.3, -0.25) is 4.79 Å². The van der Waals surface area contributed by atoms with Crippen LogP contribution in [0.15, 0.2) is 29.1 Å². The van der Waals surface area contributed by atoms with Crippen molar-refractivity contribution in [2.24, 2.45) is 0 Å². The lowest BCUT2D eigenvalue weighted by Crippen LogP contribution is -2.40. The maximum Gasteiger partial charge on any atom is 0.369 e. The van der Waals surface area contributed by atoms with Crippen molar-refractivity contribution >= 4 is 17.5 Å². The van der Waals surface area contributed by atoms with Gasteiger partial charge in [0.2, 0.25) is 5.91 Å². The summed E-state index contributed by atoms with van der Waals surface area (Å²) in [5, 5.41) is 7.99. The van der Waals surface area contributed by atoms with Gasteiger partial charge < -0.3 is 4.90 Å². The summed E-state index contributed by atoms with van der Waals surface area (Å²) in [6, 6.07) is 6.86. The third-order valence-corrected chi connectivity index (χ3v) is 4.03. The number of hydrogen-bond acceptors (Lipinski definition) is 4. The van der Waals surface area contributed by atoms with E-state index in [0.29, 0.717) is 10.7 Å². The van der Waals surface area contributed by atoms with Gasteiger partial charge in [0.25, 0.3) is 0 Å². The van der Waals surface area contributed by atoms with Gasteiger partial charge in [-0.15, -0.1) is 0 Å². The SMILES string of the molecule is O=C(Cn1nnn(-c2ccccc2Cl)c1=O)N1CCCCC1. The summed E-state index contributed by atoms with van der Waals surface area (Å²) < 4.78 is 2.17. The second-order valence-electron chi connectivity index (χ2n) is 5.22. The number of carbonyl (C=O) groups excluding carboxylic acids is 1. The van der Waals surface area contributed by atoms with Gasteiger partial charge in [-0.05, 0) is 41.8 Å². The average Bonchev–Trinajstić information content (AvgIpc) is 2.90. The molecule has 116 valence electrons. The minimum atomic E-state index is -0.474. The third-order valence-electron chi connectivity index (χ3n) is 3.71. The van der Waals surface area contributed by atoms with E-state index in [1.807, 2.05) is 0 Å². The van der Waals surface area contributed by atoms with Crippen molar-refractivity contribution in [2.45, 2.75) is 25.8 Å². The molecule has 0 aliphatic carbocycles. The molecular weight excluding hydrogens is 306 g/mol. The number of tetrazole rings is 1. The standard InChI is InChI=1S/C14H16ClN5O2/c15-11-6-2-3-7-12(11)20-14(22)19(16-17-20)10-13(21)18-8-4-1-5-9-18/h2-3,6-7H,1,4-5,8-10H2. The van der Waals surface area contributed by atoms with Gasteiger partial charge >= 0.3 is 5.69 Å². The van der Waals surface area contributed by atoms with Crippen LogP contribution in [0.2, 0.25) is 5.02 Å². The maximum absolute atomic E-state index is 12.3. The fourth-order valence-corrected chi connectivity index (χ4v) is 2.74. The summed E-state index contributed by atoms with van der Waals surface area (Å²) in [7, 11) is 0. The first-order valence-corrected chi connectivity index (χ1v) is 7.60. The zero-order chi connectivity index (χ0) is 15.5. The second kappa shape index (κ2) is 6.31. The summed E-state index contributed by atoms with van der Waals surface area (Å²) in [4.78, 5) is 26.3. The van der Waals surface area contributed by atoms with E-state index in [0.717, 1.165) is 41.7 Å². The Hall–Kier alpha value is -2.15.